The highest BCUT2D eigenvalue weighted by Crippen LogP contribution is 2.21. The van der Waals surface area contributed by atoms with Crippen LogP contribution in [0.15, 0.2) is 42.0 Å². The molecule has 0 bridgehead atoms. The molecule has 0 saturated heterocycles. The van der Waals surface area contributed by atoms with Crippen molar-refractivity contribution in [1.82, 2.24) is 19.7 Å². The molecule has 0 spiro atoms. The second kappa shape index (κ2) is 6.59. The molecule has 1 aromatic carbocycles. The van der Waals surface area contributed by atoms with Crippen LogP contribution in [0.25, 0.3) is 0 Å². The molecule has 0 atom stereocenters. The van der Waals surface area contributed by atoms with Crippen molar-refractivity contribution >= 4 is 5.91 Å². The van der Waals surface area contributed by atoms with Crippen LogP contribution in [0.5, 0.6) is 0 Å². The molecule has 124 valence electrons. The van der Waals surface area contributed by atoms with Crippen molar-refractivity contribution in [2.24, 2.45) is 0 Å². The number of hydrogen-bond acceptors (Lipinski definition) is 3. The Hall–Kier alpha value is -2.43. The first kappa shape index (κ1) is 15.1. The van der Waals surface area contributed by atoms with E-state index in [0.29, 0.717) is 0 Å². The topological polar surface area (TPSA) is 51.0 Å². The predicted molar refractivity (Wildman–Crippen MR) is 91.5 cm³/mol. The summed E-state index contributed by atoms with van der Waals surface area (Å²) in [5.41, 5.74) is 2.23. The number of hydrogen-bond donors (Lipinski definition) is 0. The van der Waals surface area contributed by atoms with E-state index in [1.54, 1.807) is 0 Å². The summed E-state index contributed by atoms with van der Waals surface area (Å²) < 4.78 is 2.20. The maximum absolute atomic E-state index is 12.6. The fraction of sp³-hybridized carbons (Fsp3) is 0.421. The van der Waals surface area contributed by atoms with E-state index in [1.807, 2.05) is 23.1 Å². The normalized spacial score (nSPS) is 17.3. The highest BCUT2D eigenvalue weighted by atomic mass is 16.2. The van der Waals surface area contributed by atoms with E-state index in [4.69, 9.17) is 0 Å². The van der Waals surface area contributed by atoms with Crippen LogP contribution in [-0.4, -0.2) is 38.7 Å². The molecule has 0 saturated carbocycles. The lowest BCUT2D eigenvalue weighted by Gasteiger charge is -2.20. The van der Waals surface area contributed by atoms with Gasteiger partial charge in [0.15, 0.2) is 0 Å². The zero-order valence-electron chi connectivity index (χ0n) is 13.8. The molecule has 0 N–H and O–H groups in total. The third-order valence-electron chi connectivity index (χ3n) is 4.91. The van der Waals surface area contributed by atoms with E-state index in [2.05, 4.69) is 33.0 Å². The van der Waals surface area contributed by atoms with Gasteiger partial charge in [0.2, 0.25) is 5.91 Å². The molecular formula is C19H22N4O. The molecule has 2 heterocycles. The molecule has 0 unspecified atom stereocenters. The molecule has 2 aromatic rings. The van der Waals surface area contributed by atoms with Crippen LogP contribution in [-0.2, 0) is 24.2 Å². The summed E-state index contributed by atoms with van der Waals surface area (Å²) in [6, 6.07) is 10.3. The molecular weight excluding hydrogens is 300 g/mol. The van der Waals surface area contributed by atoms with Crippen LogP contribution in [0.4, 0.5) is 0 Å². The Labute approximate surface area is 142 Å². The average molecular weight is 322 g/mol. The maximum atomic E-state index is 12.6. The highest BCUT2D eigenvalue weighted by molar-refractivity contribution is 5.93. The number of allylic oxidation sites excluding steroid dienone is 1. The first-order valence-corrected chi connectivity index (χ1v) is 8.74. The van der Waals surface area contributed by atoms with Crippen LogP contribution >= 0.6 is 0 Å². The number of rotatable bonds is 3. The largest absolute Gasteiger partial charge is 0.337 e. The van der Waals surface area contributed by atoms with Crippen LogP contribution < -0.4 is 0 Å². The Balaban J connectivity index is 1.48. The number of fused-ring (bicyclic) bond motifs is 1. The van der Waals surface area contributed by atoms with Crippen LogP contribution in [0, 0.1) is 0 Å². The summed E-state index contributed by atoms with van der Waals surface area (Å²) in [5.74, 6) is 2.21. The highest BCUT2D eigenvalue weighted by Gasteiger charge is 2.24. The quantitative estimate of drug-likeness (QED) is 0.872. The first-order chi connectivity index (χ1) is 11.8. The number of benzene rings is 1. The van der Waals surface area contributed by atoms with Gasteiger partial charge in [-0.05, 0) is 24.8 Å². The van der Waals surface area contributed by atoms with Crippen molar-refractivity contribution < 1.29 is 4.79 Å². The number of nitrogens with zero attached hydrogens (tertiary/aromatic N) is 4. The maximum Gasteiger partial charge on any atom is 0.249 e. The van der Waals surface area contributed by atoms with Gasteiger partial charge in [-0.1, -0.05) is 36.4 Å². The van der Waals surface area contributed by atoms with Gasteiger partial charge in [0.05, 0.1) is 0 Å². The van der Waals surface area contributed by atoms with Crippen molar-refractivity contribution in [3.8, 4) is 0 Å². The number of carbonyl (C=O) groups is 1. The first-order valence-electron chi connectivity index (χ1n) is 8.74. The van der Waals surface area contributed by atoms with E-state index >= 15 is 0 Å². The third-order valence-corrected chi connectivity index (χ3v) is 4.91. The van der Waals surface area contributed by atoms with Crippen molar-refractivity contribution in [1.29, 1.82) is 0 Å². The molecule has 1 aliphatic heterocycles. The van der Waals surface area contributed by atoms with E-state index in [9.17, 15) is 4.79 Å². The Morgan fingerprint density at radius 2 is 1.92 bits per heavy atom. The Kier molecular flexibility index (Phi) is 4.15. The van der Waals surface area contributed by atoms with Crippen LogP contribution in [0.3, 0.4) is 0 Å². The lowest BCUT2D eigenvalue weighted by Crippen LogP contribution is -2.34. The second-order valence-corrected chi connectivity index (χ2v) is 6.51. The molecule has 0 radical (unpaired) electrons. The van der Waals surface area contributed by atoms with Gasteiger partial charge in [0, 0.05) is 38.0 Å². The van der Waals surface area contributed by atoms with E-state index in [0.717, 1.165) is 69.0 Å². The summed E-state index contributed by atoms with van der Waals surface area (Å²) in [7, 11) is 0. The fourth-order valence-corrected chi connectivity index (χ4v) is 3.56. The monoisotopic (exact) mass is 322 g/mol. The van der Waals surface area contributed by atoms with Crippen molar-refractivity contribution in [3.05, 3.63) is 59.2 Å². The molecule has 5 nitrogen and oxygen atoms in total. The predicted octanol–water partition coefficient (Wildman–Crippen LogP) is 2.36. The summed E-state index contributed by atoms with van der Waals surface area (Å²) in [4.78, 5) is 14.6. The Morgan fingerprint density at radius 1 is 1.04 bits per heavy atom. The van der Waals surface area contributed by atoms with Crippen molar-refractivity contribution in [3.63, 3.8) is 0 Å². The minimum absolute atomic E-state index is 0.218. The van der Waals surface area contributed by atoms with E-state index in [1.165, 1.54) is 5.56 Å². The van der Waals surface area contributed by atoms with Gasteiger partial charge in [0.1, 0.15) is 11.6 Å². The lowest BCUT2D eigenvalue weighted by atomic mass is 10.1. The van der Waals surface area contributed by atoms with Crippen LogP contribution in [0.2, 0.25) is 0 Å². The van der Waals surface area contributed by atoms with Gasteiger partial charge in [-0.2, -0.15) is 0 Å². The smallest absolute Gasteiger partial charge is 0.249 e. The Bertz CT molecular complexity index is 763. The number of carbonyl (C=O) groups excluding carboxylic acids is 1. The number of aromatic nitrogens is 3. The molecule has 1 amide bonds. The summed E-state index contributed by atoms with van der Waals surface area (Å²) in [6.45, 7) is 2.26. The fourth-order valence-electron chi connectivity index (χ4n) is 3.56. The summed E-state index contributed by atoms with van der Waals surface area (Å²) in [6.07, 6.45) is 6.76. The number of amides is 1. The van der Waals surface area contributed by atoms with Crippen molar-refractivity contribution in [2.75, 3.05) is 13.1 Å². The average Bonchev–Trinajstić information content (AvgIpc) is 3.22. The zero-order chi connectivity index (χ0) is 16.4. The zero-order valence-corrected chi connectivity index (χ0v) is 13.8. The molecule has 24 heavy (non-hydrogen) atoms. The second-order valence-electron chi connectivity index (χ2n) is 6.51. The van der Waals surface area contributed by atoms with Gasteiger partial charge >= 0.3 is 0 Å². The molecule has 1 aliphatic carbocycles. The van der Waals surface area contributed by atoms with Gasteiger partial charge < -0.3 is 9.47 Å². The molecule has 2 aliphatic rings. The SMILES string of the molecule is O=C(C1=CCCC1)N1CCc2nnc(Cc3ccccc3)n2CC1. The molecule has 5 heteroatoms. The molecule has 1 aromatic heterocycles. The van der Waals surface area contributed by atoms with Gasteiger partial charge in [0.25, 0.3) is 0 Å². The molecule has 0 fully saturated rings. The summed E-state index contributed by atoms with van der Waals surface area (Å²) >= 11 is 0. The summed E-state index contributed by atoms with van der Waals surface area (Å²) in [5, 5.41) is 8.74. The van der Waals surface area contributed by atoms with Gasteiger partial charge in [-0.25, -0.2) is 0 Å². The lowest BCUT2D eigenvalue weighted by molar-refractivity contribution is -0.127. The van der Waals surface area contributed by atoms with Crippen molar-refractivity contribution in [2.45, 2.75) is 38.6 Å². The van der Waals surface area contributed by atoms with Crippen LogP contribution in [0.1, 0.15) is 36.5 Å². The minimum Gasteiger partial charge on any atom is -0.337 e. The minimum atomic E-state index is 0.218. The third kappa shape index (κ3) is 2.98. The Morgan fingerprint density at radius 3 is 2.71 bits per heavy atom. The van der Waals surface area contributed by atoms with E-state index < -0.39 is 0 Å². The standard InChI is InChI=1S/C19H22N4O/c24-19(16-8-4-5-9-16)22-11-10-17-20-21-18(23(17)13-12-22)14-15-6-2-1-3-7-15/h1-3,6-8H,4-5,9-14H2. The van der Waals surface area contributed by atoms with Gasteiger partial charge in [-0.15, -0.1) is 10.2 Å². The van der Waals surface area contributed by atoms with Gasteiger partial charge in [-0.3, -0.25) is 4.79 Å². The van der Waals surface area contributed by atoms with E-state index in [-0.39, 0.29) is 5.91 Å². The molecule has 4 rings (SSSR count).